The first-order valence-corrected chi connectivity index (χ1v) is 8.03. The summed E-state index contributed by atoms with van der Waals surface area (Å²) in [6.07, 6.45) is 5.40. The van der Waals surface area contributed by atoms with Crippen molar-refractivity contribution in [1.29, 1.82) is 0 Å². The fourth-order valence-corrected chi connectivity index (χ4v) is 3.48. The van der Waals surface area contributed by atoms with Gasteiger partial charge in [-0.25, -0.2) is 0 Å². The van der Waals surface area contributed by atoms with Crippen LogP contribution < -0.4 is 5.32 Å². The molecule has 1 aliphatic heterocycles. The Bertz CT molecular complexity index is 453. The summed E-state index contributed by atoms with van der Waals surface area (Å²) in [6.45, 7) is 0.585. The second-order valence-electron chi connectivity index (χ2n) is 4.96. The molecule has 20 heavy (non-hydrogen) atoms. The summed E-state index contributed by atoms with van der Waals surface area (Å²) in [5, 5.41) is 2.95. The van der Waals surface area contributed by atoms with E-state index in [1.165, 1.54) is 0 Å². The van der Waals surface area contributed by atoms with E-state index in [2.05, 4.69) is 5.32 Å². The zero-order valence-electron chi connectivity index (χ0n) is 11.8. The quantitative estimate of drug-likeness (QED) is 0.848. The van der Waals surface area contributed by atoms with Crippen molar-refractivity contribution in [3.63, 3.8) is 0 Å². The van der Waals surface area contributed by atoms with Gasteiger partial charge in [-0.15, -0.1) is 0 Å². The van der Waals surface area contributed by atoms with Crippen LogP contribution in [0.3, 0.4) is 0 Å². The third-order valence-corrected chi connectivity index (χ3v) is 4.63. The summed E-state index contributed by atoms with van der Waals surface area (Å²) in [6, 6.07) is 9.81. The van der Waals surface area contributed by atoms with Crippen molar-refractivity contribution in [1.82, 2.24) is 5.32 Å². The number of rotatable bonds is 5. The number of nitrogens with one attached hydrogen (secondary N) is 1. The molecule has 1 fully saturated rings. The van der Waals surface area contributed by atoms with Crippen LogP contribution in [0.25, 0.3) is 6.08 Å². The lowest BCUT2D eigenvalue weighted by molar-refractivity contribution is -0.118. The second kappa shape index (κ2) is 7.50. The smallest absolute Gasteiger partial charge is 0.244 e. The van der Waals surface area contributed by atoms with Gasteiger partial charge < -0.3 is 10.1 Å². The molecule has 0 spiro atoms. The highest BCUT2D eigenvalue weighted by Crippen LogP contribution is 2.29. The predicted octanol–water partition coefficient (Wildman–Crippen LogP) is 2.73. The molecule has 0 bridgehead atoms. The van der Waals surface area contributed by atoms with Gasteiger partial charge >= 0.3 is 0 Å². The molecule has 0 radical (unpaired) electrons. The highest BCUT2D eigenvalue weighted by molar-refractivity contribution is 7.99. The van der Waals surface area contributed by atoms with Gasteiger partial charge in [-0.2, -0.15) is 11.8 Å². The fraction of sp³-hybridized carbons (Fsp3) is 0.438. The van der Waals surface area contributed by atoms with Crippen molar-refractivity contribution in [2.24, 2.45) is 0 Å². The van der Waals surface area contributed by atoms with Crippen molar-refractivity contribution < 1.29 is 9.53 Å². The highest BCUT2D eigenvalue weighted by atomic mass is 32.2. The third kappa shape index (κ3) is 4.39. The topological polar surface area (TPSA) is 38.3 Å². The van der Waals surface area contributed by atoms with Crippen LogP contribution in [-0.4, -0.2) is 36.7 Å². The molecule has 4 heteroatoms. The van der Waals surface area contributed by atoms with Crippen molar-refractivity contribution in [2.75, 3.05) is 25.2 Å². The Morgan fingerprint density at radius 3 is 2.70 bits per heavy atom. The Hall–Kier alpha value is -1.26. The summed E-state index contributed by atoms with van der Waals surface area (Å²) in [4.78, 5) is 11.9. The monoisotopic (exact) mass is 291 g/mol. The fourth-order valence-electron chi connectivity index (χ4n) is 2.24. The van der Waals surface area contributed by atoms with Gasteiger partial charge in [0.2, 0.25) is 5.91 Å². The van der Waals surface area contributed by atoms with Crippen molar-refractivity contribution in [3.8, 4) is 0 Å². The lowest BCUT2D eigenvalue weighted by Gasteiger charge is -2.35. The molecule has 2 rings (SSSR count). The number of hydrogen-bond donors (Lipinski definition) is 1. The number of ether oxygens (including phenoxy) is 1. The average molecular weight is 291 g/mol. The number of carbonyl (C=O) groups is 1. The molecule has 1 N–H and O–H groups in total. The van der Waals surface area contributed by atoms with Gasteiger partial charge in [0.15, 0.2) is 0 Å². The Labute approximate surface area is 124 Å². The summed E-state index contributed by atoms with van der Waals surface area (Å²) < 4.78 is 5.64. The lowest BCUT2D eigenvalue weighted by atomic mass is 9.96. The normalized spacial score (nSPS) is 18.1. The van der Waals surface area contributed by atoms with E-state index in [9.17, 15) is 4.79 Å². The minimum atomic E-state index is -0.179. The molecular formula is C16H21NO2S. The molecule has 0 atom stereocenters. The molecule has 1 amide bonds. The molecule has 1 heterocycles. The van der Waals surface area contributed by atoms with Gasteiger partial charge in [-0.05, 0) is 36.0 Å². The van der Waals surface area contributed by atoms with Crippen LogP contribution in [0.4, 0.5) is 0 Å². The van der Waals surface area contributed by atoms with E-state index in [1.807, 2.05) is 48.2 Å². The first kappa shape index (κ1) is 15.1. The number of thioether (sulfide) groups is 1. The van der Waals surface area contributed by atoms with Crippen molar-refractivity contribution in [3.05, 3.63) is 42.0 Å². The molecule has 108 valence electrons. The number of methoxy groups -OCH3 is 1. The molecule has 1 saturated heterocycles. The first-order chi connectivity index (χ1) is 9.74. The van der Waals surface area contributed by atoms with Crippen LogP contribution in [0, 0.1) is 0 Å². The van der Waals surface area contributed by atoms with Crippen molar-refractivity contribution in [2.45, 2.75) is 18.4 Å². The zero-order chi connectivity index (χ0) is 14.3. The molecule has 0 aliphatic carbocycles. The minimum absolute atomic E-state index is 0.0662. The molecule has 1 aromatic carbocycles. The van der Waals surface area contributed by atoms with Gasteiger partial charge in [0, 0.05) is 19.7 Å². The maximum atomic E-state index is 11.9. The van der Waals surface area contributed by atoms with Crippen molar-refractivity contribution >= 4 is 23.7 Å². The maximum absolute atomic E-state index is 11.9. The van der Waals surface area contributed by atoms with Crippen LogP contribution in [0.2, 0.25) is 0 Å². The zero-order valence-corrected chi connectivity index (χ0v) is 12.6. The van der Waals surface area contributed by atoms with Gasteiger partial charge in [0.05, 0.1) is 5.60 Å². The standard InChI is InChI=1S/C16H21NO2S/c1-19-16(9-11-20-12-10-16)13-17-15(18)8-7-14-5-3-2-4-6-14/h2-8H,9-13H2,1H3,(H,17,18)/b8-7+. The second-order valence-corrected chi connectivity index (χ2v) is 6.19. The molecular weight excluding hydrogens is 270 g/mol. The average Bonchev–Trinajstić information content (AvgIpc) is 2.53. The van der Waals surface area contributed by atoms with E-state index in [1.54, 1.807) is 13.2 Å². The maximum Gasteiger partial charge on any atom is 0.244 e. The molecule has 0 aromatic heterocycles. The molecule has 0 saturated carbocycles. The van der Waals surface area contributed by atoms with Crippen LogP contribution >= 0.6 is 11.8 Å². The summed E-state index contributed by atoms with van der Waals surface area (Å²) in [7, 11) is 1.74. The van der Waals surface area contributed by atoms with E-state index in [4.69, 9.17) is 4.74 Å². The number of carbonyl (C=O) groups excluding carboxylic acids is 1. The van der Waals surface area contributed by atoms with Gasteiger partial charge in [0.25, 0.3) is 0 Å². The van der Waals surface area contributed by atoms with E-state index in [0.29, 0.717) is 6.54 Å². The van der Waals surface area contributed by atoms with Crippen LogP contribution in [0.5, 0.6) is 0 Å². The van der Waals surface area contributed by atoms with Crippen LogP contribution in [0.1, 0.15) is 18.4 Å². The van der Waals surface area contributed by atoms with E-state index < -0.39 is 0 Å². The summed E-state index contributed by atoms with van der Waals surface area (Å²) in [5.74, 6) is 2.14. The lowest BCUT2D eigenvalue weighted by Crippen LogP contribution is -2.46. The summed E-state index contributed by atoms with van der Waals surface area (Å²) in [5.41, 5.74) is 0.847. The molecule has 0 unspecified atom stereocenters. The Kier molecular flexibility index (Phi) is 5.68. The van der Waals surface area contributed by atoms with Crippen LogP contribution in [-0.2, 0) is 9.53 Å². The minimum Gasteiger partial charge on any atom is -0.376 e. The Balaban J connectivity index is 1.84. The Morgan fingerprint density at radius 1 is 1.35 bits per heavy atom. The Morgan fingerprint density at radius 2 is 2.05 bits per heavy atom. The third-order valence-electron chi connectivity index (χ3n) is 3.65. The first-order valence-electron chi connectivity index (χ1n) is 6.88. The van der Waals surface area contributed by atoms with E-state index in [0.717, 1.165) is 29.9 Å². The van der Waals surface area contributed by atoms with Crippen LogP contribution in [0.15, 0.2) is 36.4 Å². The molecule has 3 nitrogen and oxygen atoms in total. The highest BCUT2D eigenvalue weighted by Gasteiger charge is 2.32. The van der Waals surface area contributed by atoms with Gasteiger partial charge in [-0.1, -0.05) is 30.3 Å². The van der Waals surface area contributed by atoms with Gasteiger partial charge in [0.1, 0.15) is 0 Å². The summed E-state index contributed by atoms with van der Waals surface area (Å²) >= 11 is 1.95. The number of benzene rings is 1. The van der Waals surface area contributed by atoms with E-state index in [-0.39, 0.29) is 11.5 Å². The largest absolute Gasteiger partial charge is 0.376 e. The molecule has 1 aromatic rings. The SMILES string of the molecule is COC1(CNC(=O)/C=C/c2ccccc2)CCSCC1. The molecule has 1 aliphatic rings. The number of amides is 1. The number of hydrogen-bond acceptors (Lipinski definition) is 3. The predicted molar refractivity (Wildman–Crippen MR) is 84.8 cm³/mol. The van der Waals surface area contributed by atoms with E-state index >= 15 is 0 Å². The van der Waals surface area contributed by atoms with Gasteiger partial charge in [-0.3, -0.25) is 4.79 Å².